The molecule has 2 aliphatic rings. The summed E-state index contributed by atoms with van der Waals surface area (Å²) in [6.45, 7) is 10.3. The summed E-state index contributed by atoms with van der Waals surface area (Å²) in [6.07, 6.45) is 3.51. The minimum Gasteiger partial charge on any atom is -0.351 e. The molecule has 1 aromatic rings. The smallest absolute Gasteiger partial charge is 0.237 e. The molecule has 2 aliphatic heterocycles. The van der Waals surface area contributed by atoms with E-state index in [4.69, 9.17) is 0 Å². The third kappa shape index (κ3) is 5.79. The van der Waals surface area contributed by atoms with E-state index < -0.39 is 0 Å². The second-order valence-electron chi connectivity index (χ2n) is 8.13. The van der Waals surface area contributed by atoms with Crippen LogP contribution < -0.4 is 5.32 Å². The van der Waals surface area contributed by atoms with Crippen LogP contribution in [0.25, 0.3) is 0 Å². The lowest BCUT2D eigenvalue weighted by Gasteiger charge is -2.38. The van der Waals surface area contributed by atoms with Crippen molar-refractivity contribution < 1.29 is 9.59 Å². The number of piperazine rings is 1. The molecule has 6 heteroatoms. The molecule has 28 heavy (non-hydrogen) atoms. The average Bonchev–Trinajstić information content (AvgIpc) is 2.73. The van der Waals surface area contributed by atoms with Gasteiger partial charge in [0, 0.05) is 45.8 Å². The highest BCUT2D eigenvalue weighted by atomic mass is 16.2. The van der Waals surface area contributed by atoms with Crippen molar-refractivity contribution in [1.29, 1.82) is 0 Å². The molecule has 0 aliphatic carbocycles. The van der Waals surface area contributed by atoms with Gasteiger partial charge in [0.25, 0.3) is 0 Å². The second-order valence-corrected chi connectivity index (χ2v) is 8.13. The molecule has 2 saturated heterocycles. The zero-order valence-electron chi connectivity index (χ0n) is 17.3. The summed E-state index contributed by atoms with van der Waals surface area (Å²) in [5.41, 5.74) is 2.34. The first-order valence-corrected chi connectivity index (χ1v) is 10.6. The van der Waals surface area contributed by atoms with Gasteiger partial charge in [-0.3, -0.25) is 19.4 Å². The van der Waals surface area contributed by atoms with Crippen molar-refractivity contribution in [2.24, 2.45) is 0 Å². The van der Waals surface area contributed by atoms with Crippen molar-refractivity contribution in [1.82, 2.24) is 20.0 Å². The van der Waals surface area contributed by atoms with Crippen LogP contribution in [0.3, 0.4) is 0 Å². The SMILES string of the molecule is Cc1ccc(CNC(=O)C(C)N2CCN(CC(=O)N3CCCCC3)CC2)cc1. The maximum absolute atomic E-state index is 12.5. The number of amides is 2. The Morgan fingerprint density at radius 3 is 2.25 bits per heavy atom. The molecule has 1 atom stereocenters. The Hall–Kier alpha value is -1.92. The fraction of sp³-hybridized carbons (Fsp3) is 0.636. The standard InChI is InChI=1S/C22H34N4O2/c1-18-6-8-20(9-7-18)16-23-22(28)19(2)25-14-12-24(13-15-25)17-21(27)26-10-4-3-5-11-26/h6-9,19H,3-5,10-17H2,1-2H3,(H,23,28). The average molecular weight is 387 g/mol. The van der Waals surface area contributed by atoms with Crippen LogP contribution in [-0.4, -0.2) is 78.4 Å². The van der Waals surface area contributed by atoms with E-state index in [0.717, 1.165) is 57.7 Å². The largest absolute Gasteiger partial charge is 0.351 e. The molecule has 2 heterocycles. The minimum atomic E-state index is -0.148. The lowest BCUT2D eigenvalue weighted by atomic mass is 10.1. The van der Waals surface area contributed by atoms with Gasteiger partial charge >= 0.3 is 0 Å². The molecule has 0 bridgehead atoms. The number of carbonyl (C=O) groups is 2. The van der Waals surface area contributed by atoms with E-state index in [1.165, 1.54) is 12.0 Å². The van der Waals surface area contributed by atoms with Gasteiger partial charge in [-0.05, 0) is 38.7 Å². The van der Waals surface area contributed by atoms with Crippen molar-refractivity contribution in [3.05, 3.63) is 35.4 Å². The van der Waals surface area contributed by atoms with E-state index in [1.54, 1.807) is 0 Å². The molecule has 2 amide bonds. The Morgan fingerprint density at radius 1 is 0.964 bits per heavy atom. The van der Waals surface area contributed by atoms with Crippen LogP contribution in [0.4, 0.5) is 0 Å². The van der Waals surface area contributed by atoms with E-state index in [1.807, 2.05) is 11.8 Å². The predicted molar refractivity (Wildman–Crippen MR) is 111 cm³/mol. The maximum Gasteiger partial charge on any atom is 0.237 e. The summed E-state index contributed by atoms with van der Waals surface area (Å²) in [4.78, 5) is 31.4. The Balaban J connectivity index is 1.39. The maximum atomic E-state index is 12.5. The third-order valence-corrected chi connectivity index (χ3v) is 5.99. The number of rotatable bonds is 6. The Morgan fingerprint density at radius 2 is 1.61 bits per heavy atom. The first kappa shape index (κ1) is 20.8. The number of benzene rings is 1. The number of piperidine rings is 1. The first-order chi connectivity index (χ1) is 13.5. The molecule has 1 aromatic carbocycles. The first-order valence-electron chi connectivity index (χ1n) is 10.6. The molecule has 154 valence electrons. The molecule has 0 saturated carbocycles. The number of aryl methyl sites for hydroxylation is 1. The Kier molecular flexibility index (Phi) is 7.45. The second kappa shape index (κ2) is 10.0. The van der Waals surface area contributed by atoms with Gasteiger partial charge in [-0.25, -0.2) is 0 Å². The van der Waals surface area contributed by atoms with E-state index >= 15 is 0 Å². The van der Waals surface area contributed by atoms with Gasteiger partial charge in [-0.2, -0.15) is 0 Å². The molecule has 2 fully saturated rings. The molecule has 3 rings (SSSR count). The molecule has 0 radical (unpaired) electrons. The number of nitrogens with zero attached hydrogens (tertiary/aromatic N) is 3. The number of hydrogen-bond donors (Lipinski definition) is 1. The highest BCUT2D eigenvalue weighted by molar-refractivity contribution is 5.81. The van der Waals surface area contributed by atoms with Crippen molar-refractivity contribution >= 4 is 11.8 Å². The Labute approximate surface area is 168 Å². The van der Waals surface area contributed by atoms with Gasteiger partial charge in [-0.15, -0.1) is 0 Å². The van der Waals surface area contributed by atoms with E-state index in [9.17, 15) is 9.59 Å². The normalized spacial score (nSPS) is 20.0. The van der Waals surface area contributed by atoms with Crippen LogP contribution in [-0.2, 0) is 16.1 Å². The molecule has 0 aromatic heterocycles. The summed E-state index contributed by atoms with van der Waals surface area (Å²) in [6, 6.07) is 8.09. The summed E-state index contributed by atoms with van der Waals surface area (Å²) in [5, 5.41) is 3.05. The zero-order valence-corrected chi connectivity index (χ0v) is 17.3. The van der Waals surface area contributed by atoms with E-state index in [0.29, 0.717) is 13.1 Å². The van der Waals surface area contributed by atoms with Crippen molar-refractivity contribution in [2.45, 2.75) is 45.7 Å². The molecule has 1 unspecified atom stereocenters. The fourth-order valence-electron chi connectivity index (χ4n) is 3.95. The number of nitrogens with one attached hydrogen (secondary N) is 1. The van der Waals surface area contributed by atoms with Gasteiger partial charge in [0.2, 0.25) is 11.8 Å². The number of carbonyl (C=O) groups excluding carboxylic acids is 2. The summed E-state index contributed by atoms with van der Waals surface area (Å²) < 4.78 is 0. The van der Waals surface area contributed by atoms with Crippen molar-refractivity contribution in [2.75, 3.05) is 45.8 Å². The van der Waals surface area contributed by atoms with Gasteiger partial charge in [0.05, 0.1) is 12.6 Å². The van der Waals surface area contributed by atoms with E-state index in [2.05, 4.69) is 46.3 Å². The zero-order chi connectivity index (χ0) is 19.9. The van der Waals surface area contributed by atoms with Gasteiger partial charge < -0.3 is 10.2 Å². The van der Waals surface area contributed by atoms with Crippen LogP contribution in [0.1, 0.15) is 37.3 Å². The van der Waals surface area contributed by atoms with Crippen molar-refractivity contribution in [3.63, 3.8) is 0 Å². The topological polar surface area (TPSA) is 55.9 Å². The summed E-state index contributed by atoms with van der Waals surface area (Å²) in [5.74, 6) is 0.329. The van der Waals surface area contributed by atoms with Gasteiger partial charge in [-0.1, -0.05) is 29.8 Å². The molecular weight excluding hydrogens is 352 g/mol. The highest BCUT2D eigenvalue weighted by Gasteiger charge is 2.27. The van der Waals surface area contributed by atoms with Crippen LogP contribution >= 0.6 is 0 Å². The van der Waals surface area contributed by atoms with Crippen molar-refractivity contribution in [3.8, 4) is 0 Å². The van der Waals surface area contributed by atoms with Crippen LogP contribution in [0.15, 0.2) is 24.3 Å². The van der Waals surface area contributed by atoms with Gasteiger partial charge in [0.1, 0.15) is 0 Å². The summed E-state index contributed by atoms with van der Waals surface area (Å²) >= 11 is 0. The molecule has 0 spiro atoms. The lowest BCUT2D eigenvalue weighted by Crippen LogP contribution is -2.55. The lowest BCUT2D eigenvalue weighted by molar-refractivity contribution is -0.134. The molecular formula is C22H34N4O2. The number of hydrogen-bond acceptors (Lipinski definition) is 4. The monoisotopic (exact) mass is 386 g/mol. The quantitative estimate of drug-likeness (QED) is 0.807. The Bertz CT molecular complexity index is 647. The van der Waals surface area contributed by atoms with Crippen LogP contribution in [0.5, 0.6) is 0 Å². The molecule has 6 nitrogen and oxygen atoms in total. The van der Waals surface area contributed by atoms with Crippen LogP contribution in [0, 0.1) is 6.92 Å². The predicted octanol–water partition coefficient (Wildman–Crippen LogP) is 1.63. The summed E-state index contributed by atoms with van der Waals surface area (Å²) in [7, 11) is 0. The van der Waals surface area contributed by atoms with E-state index in [-0.39, 0.29) is 17.9 Å². The minimum absolute atomic E-state index is 0.0680. The third-order valence-electron chi connectivity index (χ3n) is 5.99. The van der Waals surface area contributed by atoms with Gasteiger partial charge in [0.15, 0.2) is 0 Å². The fourth-order valence-corrected chi connectivity index (χ4v) is 3.95. The highest BCUT2D eigenvalue weighted by Crippen LogP contribution is 2.11. The number of likely N-dealkylation sites (tertiary alicyclic amines) is 1. The van der Waals surface area contributed by atoms with Crippen LogP contribution in [0.2, 0.25) is 0 Å². The molecule has 1 N–H and O–H groups in total.